The largest absolute Gasteiger partial charge is 0.375 e. The van der Waals surface area contributed by atoms with Crippen molar-refractivity contribution in [3.8, 4) is 0 Å². The van der Waals surface area contributed by atoms with Gasteiger partial charge in [0.2, 0.25) is 5.89 Å². The fourth-order valence-electron chi connectivity index (χ4n) is 3.39. The van der Waals surface area contributed by atoms with Crippen molar-refractivity contribution >= 4 is 0 Å². The summed E-state index contributed by atoms with van der Waals surface area (Å²) in [4.78, 5) is 4.22. The second-order valence-electron chi connectivity index (χ2n) is 5.87. The molecule has 1 aliphatic carbocycles. The van der Waals surface area contributed by atoms with Gasteiger partial charge in [0, 0.05) is 25.6 Å². The molecule has 1 saturated heterocycles. The first-order chi connectivity index (χ1) is 9.26. The molecule has 3 rings (SSSR count). The van der Waals surface area contributed by atoms with Crippen molar-refractivity contribution in [2.75, 3.05) is 13.2 Å². The van der Waals surface area contributed by atoms with Crippen LogP contribution in [0.2, 0.25) is 0 Å². The lowest BCUT2D eigenvalue weighted by atomic mass is 9.89. The summed E-state index contributed by atoms with van der Waals surface area (Å²) < 4.78 is 11.2. The van der Waals surface area contributed by atoms with Crippen molar-refractivity contribution in [1.29, 1.82) is 0 Å². The van der Waals surface area contributed by atoms with Crippen LogP contribution < -0.4 is 5.32 Å². The van der Waals surface area contributed by atoms with Gasteiger partial charge < -0.3 is 14.6 Å². The quantitative estimate of drug-likeness (QED) is 0.902. The number of nitrogens with one attached hydrogen (secondary N) is 1. The molecule has 0 bridgehead atoms. The van der Waals surface area contributed by atoms with Crippen LogP contribution in [0.1, 0.15) is 50.2 Å². The topological polar surface area (TPSA) is 60.2 Å². The summed E-state index contributed by atoms with van der Waals surface area (Å²) in [5, 5.41) is 7.43. The van der Waals surface area contributed by atoms with Gasteiger partial charge in [0.25, 0.3) is 0 Å². The Morgan fingerprint density at radius 3 is 2.95 bits per heavy atom. The first kappa shape index (κ1) is 13.1. The van der Waals surface area contributed by atoms with Gasteiger partial charge in [0.1, 0.15) is 0 Å². The van der Waals surface area contributed by atoms with Crippen LogP contribution in [-0.2, 0) is 11.2 Å². The predicted molar refractivity (Wildman–Crippen MR) is 70.9 cm³/mol. The highest BCUT2D eigenvalue weighted by Gasteiger charge is 2.39. The molecule has 1 aromatic rings. The summed E-state index contributed by atoms with van der Waals surface area (Å²) in [7, 11) is 0. The normalized spacial score (nSPS) is 26.1. The van der Waals surface area contributed by atoms with Crippen molar-refractivity contribution < 1.29 is 9.26 Å². The van der Waals surface area contributed by atoms with E-state index in [9.17, 15) is 0 Å². The van der Waals surface area contributed by atoms with E-state index >= 15 is 0 Å². The van der Waals surface area contributed by atoms with E-state index in [-0.39, 0.29) is 5.60 Å². The van der Waals surface area contributed by atoms with E-state index < -0.39 is 0 Å². The third-order valence-corrected chi connectivity index (χ3v) is 4.35. The number of aryl methyl sites for hydroxylation is 1. The zero-order valence-corrected chi connectivity index (χ0v) is 11.7. The van der Waals surface area contributed by atoms with Crippen LogP contribution in [0.25, 0.3) is 0 Å². The predicted octanol–water partition coefficient (Wildman–Crippen LogP) is 2.00. The molecule has 1 N–H and O–H groups in total. The van der Waals surface area contributed by atoms with Crippen LogP contribution in [0.15, 0.2) is 4.52 Å². The van der Waals surface area contributed by atoms with Crippen LogP contribution in [-0.4, -0.2) is 34.9 Å². The Morgan fingerprint density at radius 1 is 1.37 bits per heavy atom. The van der Waals surface area contributed by atoms with Gasteiger partial charge in [-0.25, -0.2) is 0 Å². The summed E-state index contributed by atoms with van der Waals surface area (Å²) in [6, 6.07) is 0.580. The number of rotatable bonds is 4. The molecule has 1 atom stereocenters. The van der Waals surface area contributed by atoms with E-state index in [1.165, 1.54) is 25.7 Å². The second-order valence-corrected chi connectivity index (χ2v) is 5.87. The summed E-state index contributed by atoms with van der Waals surface area (Å²) >= 11 is 0. The van der Waals surface area contributed by atoms with Crippen LogP contribution in [0.4, 0.5) is 0 Å². The van der Waals surface area contributed by atoms with Crippen LogP contribution >= 0.6 is 0 Å². The highest BCUT2D eigenvalue weighted by Crippen LogP contribution is 2.39. The Kier molecular flexibility index (Phi) is 3.84. The second kappa shape index (κ2) is 5.59. The minimum absolute atomic E-state index is 0.191. The fourth-order valence-corrected chi connectivity index (χ4v) is 3.39. The average Bonchev–Trinajstić information content (AvgIpc) is 3.00. The lowest BCUT2D eigenvalue weighted by molar-refractivity contribution is -0.0835. The molecule has 2 heterocycles. The van der Waals surface area contributed by atoms with Crippen LogP contribution in [0.5, 0.6) is 0 Å². The maximum absolute atomic E-state index is 6.04. The van der Waals surface area contributed by atoms with E-state index in [0.29, 0.717) is 11.9 Å². The minimum Gasteiger partial charge on any atom is -0.375 e. The van der Waals surface area contributed by atoms with Crippen molar-refractivity contribution in [3.63, 3.8) is 0 Å². The molecule has 1 aromatic heterocycles. The molecule has 2 fully saturated rings. The summed E-state index contributed by atoms with van der Waals surface area (Å²) in [6.45, 7) is 3.66. The van der Waals surface area contributed by atoms with Crippen molar-refractivity contribution in [2.24, 2.45) is 0 Å². The van der Waals surface area contributed by atoms with Gasteiger partial charge in [-0.15, -0.1) is 0 Å². The smallest absolute Gasteiger partial charge is 0.227 e. The third-order valence-electron chi connectivity index (χ3n) is 4.35. The van der Waals surface area contributed by atoms with E-state index in [4.69, 9.17) is 9.26 Å². The number of nitrogens with zero attached hydrogens (tertiary/aromatic N) is 2. The van der Waals surface area contributed by atoms with Gasteiger partial charge in [-0.3, -0.25) is 0 Å². The molecular formula is C14H23N3O2. The Morgan fingerprint density at radius 2 is 2.21 bits per heavy atom. The first-order valence-electron chi connectivity index (χ1n) is 7.42. The summed E-state index contributed by atoms with van der Waals surface area (Å²) in [6.07, 6.45) is 8.23. The molecule has 1 unspecified atom stereocenters. The first-order valence-corrected chi connectivity index (χ1v) is 7.42. The SMILES string of the molecule is Cc1noc(CCNC2CCOC3(CCCC3)C2)n1. The lowest BCUT2D eigenvalue weighted by Crippen LogP contribution is -2.46. The molecular weight excluding hydrogens is 242 g/mol. The highest BCUT2D eigenvalue weighted by atomic mass is 16.5. The van der Waals surface area contributed by atoms with E-state index in [0.717, 1.165) is 38.3 Å². The van der Waals surface area contributed by atoms with Crippen molar-refractivity contribution in [3.05, 3.63) is 11.7 Å². The maximum Gasteiger partial charge on any atom is 0.227 e. The molecule has 0 radical (unpaired) electrons. The zero-order valence-electron chi connectivity index (χ0n) is 11.7. The number of ether oxygens (including phenoxy) is 1. The molecule has 5 nitrogen and oxygen atoms in total. The third kappa shape index (κ3) is 3.15. The van der Waals surface area contributed by atoms with E-state index in [2.05, 4.69) is 15.5 Å². The van der Waals surface area contributed by atoms with Crippen molar-refractivity contribution in [1.82, 2.24) is 15.5 Å². The standard InChI is InChI=1S/C14H23N3O2/c1-11-16-13(19-17-11)4-8-15-12-5-9-18-14(10-12)6-2-3-7-14/h12,15H,2-10H2,1H3. The monoisotopic (exact) mass is 265 g/mol. The van der Waals surface area contributed by atoms with Gasteiger partial charge >= 0.3 is 0 Å². The Balaban J connectivity index is 1.45. The van der Waals surface area contributed by atoms with E-state index in [1.54, 1.807) is 0 Å². The lowest BCUT2D eigenvalue weighted by Gasteiger charge is -2.38. The molecule has 1 spiro atoms. The number of hydrogen-bond donors (Lipinski definition) is 1. The summed E-state index contributed by atoms with van der Waals surface area (Å²) in [5.41, 5.74) is 0.191. The highest BCUT2D eigenvalue weighted by molar-refractivity contribution is 4.93. The molecule has 0 aromatic carbocycles. The van der Waals surface area contributed by atoms with Gasteiger partial charge in [-0.2, -0.15) is 4.98 Å². The molecule has 2 aliphatic rings. The molecule has 1 aliphatic heterocycles. The molecule has 1 saturated carbocycles. The van der Waals surface area contributed by atoms with Crippen LogP contribution in [0.3, 0.4) is 0 Å². The number of hydrogen-bond acceptors (Lipinski definition) is 5. The Hall–Kier alpha value is -0.940. The Labute approximate surface area is 114 Å². The minimum atomic E-state index is 0.191. The summed E-state index contributed by atoms with van der Waals surface area (Å²) in [5.74, 6) is 1.44. The van der Waals surface area contributed by atoms with Gasteiger partial charge in [-0.05, 0) is 32.6 Å². The Bertz CT molecular complexity index is 413. The fraction of sp³-hybridized carbons (Fsp3) is 0.857. The van der Waals surface area contributed by atoms with Gasteiger partial charge in [-0.1, -0.05) is 18.0 Å². The maximum atomic E-state index is 6.04. The van der Waals surface area contributed by atoms with E-state index in [1.807, 2.05) is 6.92 Å². The molecule has 19 heavy (non-hydrogen) atoms. The van der Waals surface area contributed by atoms with Gasteiger partial charge in [0.05, 0.1) is 5.60 Å². The average molecular weight is 265 g/mol. The molecule has 5 heteroatoms. The molecule has 0 amide bonds. The van der Waals surface area contributed by atoms with Gasteiger partial charge in [0.15, 0.2) is 5.82 Å². The molecule has 106 valence electrons. The number of aromatic nitrogens is 2. The van der Waals surface area contributed by atoms with Crippen molar-refractivity contribution in [2.45, 2.75) is 63.5 Å². The zero-order chi connectivity index (χ0) is 13.1. The van der Waals surface area contributed by atoms with Crippen LogP contribution in [0, 0.1) is 6.92 Å².